The van der Waals surface area contributed by atoms with Crippen molar-refractivity contribution in [2.24, 2.45) is 11.8 Å². The van der Waals surface area contributed by atoms with Crippen molar-refractivity contribution in [1.82, 2.24) is 0 Å². The van der Waals surface area contributed by atoms with Crippen LogP contribution in [0.15, 0.2) is 36.4 Å². The zero-order valence-electron chi connectivity index (χ0n) is 11.9. The van der Waals surface area contributed by atoms with Gasteiger partial charge in [0.2, 0.25) is 5.91 Å². The molecule has 3 heterocycles. The summed E-state index contributed by atoms with van der Waals surface area (Å²) in [7, 11) is 1.55. The van der Waals surface area contributed by atoms with Gasteiger partial charge in [-0.2, -0.15) is 0 Å². The Kier molecular flexibility index (Phi) is 2.62. The number of carbonyl (C=O) groups excluding carboxylic acids is 2. The van der Waals surface area contributed by atoms with Crippen molar-refractivity contribution in [2.75, 3.05) is 18.6 Å². The standard InChI is InChI=1S/C16H15NO5/c1-21-10-4-2-3-9(7-10)17-8-16-6-5-11(22-16)12(15(19)20)13(16)14(17)18/h2-7,11-13H,8H2,1H3,(H,19,20)/p-1/t11-,12-,13+,16-/m1/s1. The summed E-state index contributed by atoms with van der Waals surface area (Å²) in [5, 5.41) is 11.4. The summed E-state index contributed by atoms with van der Waals surface area (Å²) >= 11 is 0. The predicted octanol–water partition coefficient (Wildman–Crippen LogP) is -0.269. The van der Waals surface area contributed by atoms with Crippen LogP contribution in [-0.2, 0) is 14.3 Å². The molecule has 2 bridgehead atoms. The lowest BCUT2D eigenvalue weighted by molar-refractivity contribution is -0.313. The molecule has 1 amide bonds. The van der Waals surface area contributed by atoms with Gasteiger partial charge in [-0.3, -0.25) is 4.79 Å². The maximum atomic E-state index is 12.8. The fourth-order valence-electron chi connectivity index (χ4n) is 3.76. The van der Waals surface area contributed by atoms with Crippen LogP contribution in [0.25, 0.3) is 0 Å². The summed E-state index contributed by atoms with van der Waals surface area (Å²) in [6.45, 7) is 0.306. The van der Waals surface area contributed by atoms with E-state index < -0.39 is 29.5 Å². The zero-order valence-corrected chi connectivity index (χ0v) is 11.9. The average molecular weight is 300 g/mol. The molecule has 3 aliphatic heterocycles. The van der Waals surface area contributed by atoms with Gasteiger partial charge in [0, 0.05) is 23.6 Å². The summed E-state index contributed by atoms with van der Waals surface area (Å²) in [5.74, 6) is -2.49. The fraction of sp³-hybridized carbons (Fsp3) is 0.375. The topological polar surface area (TPSA) is 78.9 Å². The molecule has 4 rings (SSSR count). The van der Waals surface area contributed by atoms with Crippen LogP contribution in [0.1, 0.15) is 0 Å². The normalized spacial score (nSPS) is 35.0. The highest BCUT2D eigenvalue weighted by atomic mass is 16.5. The van der Waals surface area contributed by atoms with Crippen molar-refractivity contribution in [1.29, 1.82) is 0 Å². The molecule has 6 nitrogen and oxygen atoms in total. The van der Waals surface area contributed by atoms with Gasteiger partial charge in [-0.25, -0.2) is 0 Å². The first-order chi connectivity index (χ1) is 10.6. The number of benzene rings is 1. The minimum atomic E-state index is -1.23. The molecule has 0 radical (unpaired) electrons. The van der Waals surface area contributed by atoms with E-state index in [-0.39, 0.29) is 5.91 Å². The zero-order chi connectivity index (χ0) is 15.5. The van der Waals surface area contributed by atoms with Crippen molar-refractivity contribution >= 4 is 17.6 Å². The third kappa shape index (κ3) is 1.58. The molecule has 2 fully saturated rings. The van der Waals surface area contributed by atoms with E-state index in [4.69, 9.17) is 9.47 Å². The van der Waals surface area contributed by atoms with E-state index in [2.05, 4.69) is 0 Å². The number of nitrogens with zero attached hydrogens (tertiary/aromatic N) is 1. The molecule has 3 aliphatic rings. The summed E-state index contributed by atoms with van der Waals surface area (Å²) < 4.78 is 11.0. The van der Waals surface area contributed by atoms with Crippen LogP contribution in [0, 0.1) is 11.8 Å². The van der Waals surface area contributed by atoms with Gasteiger partial charge in [-0.15, -0.1) is 0 Å². The van der Waals surface area contributed by atoms with Crippen LogP contribution < -0.4 is 14.7 Å². The number of aliphatic carboxylic acids is 1. The lowest BCUT2D eigenvalue weighted by atomic mass is 9.77. The molecule has 1 aromatic rings. The molecular weight excluding hydrogens is 286 g/mol. The molecular formula is C16H14NO5-. The minimum absolute atomic E-state index is 0.241. The van der Waals surface area contributed by atoms with Crippen molar-refractivity contribution in [3.63, 3.8) is 0 Å². The van der Waals surface area contributed by atoms with Gasteiger partial charge in [0.15, 0.2) is 0 Å². The first kappa shape index (κ1) is 13.3. The van der Waals surface area contributed by atoms with Crippen LogP contribution in [-0.4, -0.2) is 37.2 Å². The van der Waals surface area contributed by atoms with Crippen LogP contribution in [0.5, 0.6) is 5.75 Å². The van der Waals surface area contributed by atoms with Gasteiger partial charge in [0.1, 0.15) is 11.4 Å². The maximum absolute atomic E-state index is 12.8. The second kappa shape index (κ2) is 4.33. The highest BCUT2D eigenvalue weighted by Gasteiger charge is 2.65. The molecule has 114 valence electrons. The van der Waals surface area contributed by atoms with Gasteiger partial charge in [0.05, 0.1) is 25.7 Å². The number of anilines is 1. The number of carboxylic acid groups (broad SMARTS) is 1. The number of rotatable bonds is 3. The van der Waals surface area contributed by atoms with E-state index in [1.165, 1.54) is 0 Å². The van der Waals surface area contributed by atoms with Gasteiger partial charge < -0.3 is 24.3 Å². The molecule has 0 N–H and O–H groups in total. The summed E-state index contributed by atoms with van der Waals surface area (Å²) in [5.41, 5.74) is -0.180. The first-order valence-electron chi connectivity index (χ1n) is 7.09. The maximum Gasteiger partial charge on any atom is 0.234 e. The van der Waals surface area contributed by atoms with Crippen molar-refractivity contribution in [3.05, 3.63) is 36.4 Å². The van der Waals surface area contributed by atoms with Crippen molar-refractivity contribution in [2.45, 2.75) is 11.7 Å². The molecule has 0 saturated carbocycles. The number of ether oxygens (including phenoxy) is 2. The highest BCUT2D eigenvalue weighted by molar-refractivity contribution is 6.02. The summed E-state index contributed by atoms with van der Waals surface area (Å²) in [6, 6.07) is 7.12. The number of carboxylic acids is 1. The highest BCUT2D eigenvalue weighted by Crippen LogP contribution is 2.52. The van der Waals surface area contributed by atoms with E-state index in [0.717, 1.165) is 0 Å². The van der Waals surface area contributed by atoms with E-state index in [1.807, 2.05) is 6.08 Å². The summed E-state index contributed by atoms with van der Waals surface area (Å²) in [6.07, 6.45) is 2.98. The number of methoxy groups -OCH3 is 1. The molecule has 4 atom stereocenters. The Balaban J connectivity index is 1.73. The first-order valence-corrected chi connectivity index (χ1v) is 7.09. The van der Waals surface area contributed by atoms with Crippen molar-refractivity contribution < 1.29 is 24.2 Å². The molecule has 6 heteroatoms. The van der Waals surface area contributed by atoms with Crippen molar-refractivity contribution in [3.8, 4) is 5.75 Å². The van der Waals surface area contributed by atoms with Crippen LogP contribution >= 0.6 is 0 Å². The predicted molar refractivity (Wildman–Crippen MR) is 74.1 cm³/mol. The minimum Gasteiger partial charge on any atom is -0.550 e. The van der Waals surface area contributed by atoms with Gasteiger partial charge in [-0.1, -0.05) is 18.2 Å². The Labute approximate surface area is 126 Å². The molecule has 1 aromatic carbocycles. The van der Waals surface area contributed by atoms with E-state index in [0.29, 0.717) is 18.0 Å². The van der Waals surface area contributed by atoms with Crippen LogP contribution in [0.4, 0.5) is 5.69 Å². The van der Waals surface area contributed by atoms with Gasteiger partial charge >= 0.3 is 0 Å². The smallest absolute Gasteiger partial charge is 0.234 e. The monoisotopic (exact) mass is 300 g/mol. The molecule has 1 spiro atoms. The number of fused-ring (bicyclic) bond motifs is 1. The third-order valence-electron chi connectivity index (χ3n) is 4.74. The lowest BCUT2D eigenvalue weighted by Crippen LogP contribution is -2.45. The third-order valence-corrected chi connectivity index (χ3v) is 4.74. The Bertz CT molecular complexity index is 700. The average Bonchev–Trinajstić information content (AvgIpc) is 3.15. The molecule has 0 unspecified atom stereocenters. The van der Waals surface area contributed by atoms with Crippen LogP contribution in [0.3, 0.4) is 0 Å². The van der Waals surface area contributed by atoms with E-state index in [9.17, 15) is 14.7 Å². The second-order valence-electron chi connectivity index (χ2n) is 5.84. The lowest BCUT2D eigenvalue weighted by Gasteiger charge is -2.24. The van der Waals surface area contributed by atoms with E-state index in [1.54, 1.807) is 42.4 Å². The number of hydrogen-bond acceptors (Lipinski definition) is 5. The van der Waals surface area contributed by atoms with Gasteiger partial charge in [0.25, 0.3) is 0 Å². The SMILES string of the molecule is COc1cccc(N2C[C@@]34C=C[C@@H](O3)[C@@H](C(=O)[O-])[C@H]4C2=O)c1. The number of hydrogen-bond donors (Lipinski definition) is 0. The molecule has 0 aliphatic carbocycles. The Morgan fingerprint density at radius 2 is 2.32 bits per heavy atom. The van der Waals surface area contributed by atoms with E-state index >= 15 is 0 Å². The Morgan fingerprint density at radius 3 is 3.05 bits per heavy atom. The Hall–Kier alpha value is -2.34. The largest absolute Gasteiger partial charge is 0.550 e. The second-order valence-corrected chi connectivity index (χ2v) is 5.84. The van der Waals surface area contributed by atoms with Gasteiger partial charge in [-0.05, 0) is 12.1 Å². The number of amides is 1. The molecule has 0 aromatic heterocycles. The Morgan fingerprint density at radius 1 is 1.50 bits per heavy atom. The molecule has 22 heavy (non-hydrogen) atoms. The summed E-state index contributed by atoms with van der Waals surface area (Å²) in [4.78, 5) is 25.7. The molecule has 2 saturated heterocycles. The van der Waals surface area contributed by atoms with Crippen LogP contribution in [0.2, 0.25) is 0 Å². The quantitative estimate of drug-likeness (QED) is 0.718. The fourth-order valence-corrected chi connectivity index (χ4v) is 3.76. The number of carbonyl (C=O) groups is 2.